The summed E-state index contributed by atoms with van der Waals surface area (Å²) in [5.41, 5.74) is 7.16. The molecule has 0 aliphatic heterocycles. The van der Waals surface area contributed by atoms with Gasteiger partial charge >= 0.3 is 0 Å². The summed E-state index contributed by atoms with van der Waals surface area (Å²) in [4.78, 5) is 3.70. The molecule has 0 unspecified atom stereocenters. The zero-order valence-corrected chi connectivity index (χ0v) is 8.52. The molecule has 1 atom stereocenters. The summed E-state index contributed by atoms with van der Waals surface area (Å²) < 4.78 is 13.2. The first-order chi connectivity index (χ1) is 5.52. The molecule has 1 heterocycles. The molecule has 1 aromatic rings. The third-order valence-corrected chi connectivity index (χ3v) is 2.21. The minimum Gasteiger partial charge on any atom is -0.324 e. The molecule has 0 bridgehead atoms. The van der Waals surface area contributed by atoms with Crippen LogP contribution < -0.4 is 5.73 Å². The van der Waals surface area contributed by atoms with E-state index in [1.807, 2.05) is 6.92 Å². The normalized spacial score (nSPS) is 13.1. The summed E-state index contributed by atoms with van der Waals surface area (Å²) in [5.74, 6) is -0.489. The van der Waals surface area contributed by atoms with E-state index < -0.39 is 5.95 Å². The van der Waals surface area contributed by atoms with Crippen molar-refractivity contribution in [3.8, 4) is 0 Å². The minimum absolute atomic E-state index is 0.116. The molecule has 0 aliphatic carbocycles. The minimum atomic E-state index is -0.489. The second kappa shape index (κ2) is 3.49. The average Bonchev–Trinajstić information content (AvgIpc) is 1.96. The fraction of sp³-hybridized carbons (Fsp3) is 0.375. The Balaban J connectivity index is 3.23. The van der Waals surface area contributed by atoms with E-state index in [1.54, 1.807) is 13.0 Å². The van der Waals surface area contributed by atoms with Crippen molar-refractivity contribution in [2.24, 2.45) is 5.73 Å². The number of hydrogen-bond donors (Lipinski definition) is 1. The van der Waals surface area contributed by atoms with E-state index in [4.69, 9.17) is 5.73 Å². The molecule has 0 fully saturated rings. The summed E-state index contributed by atoms with van der Waals surface area (Å²) in [6.45, 7) is 3.59. The number of pyridine rings is 1. The fourth-order valence-electron chi connectivity index (χ4n) is 1.03. The smallest absolute Gasteiger partial charge is 0.227 e. The van der Waals surface area contributed by atoms with Crippen molar-refractivity contribution in [3.05, 3.63) is 27.7 Å². The SMILES string of the molecule is Cc1nc(F)c(Br)cc1[C@@H](C)N. The van der Waals surface area contributed by atoms with Crippen molar-refractivity contribution in [1.82, 2.24) is 4.98 Å². The van der Waals surface area contributed by atoms with Gasteiger partial charge < -0.3 is 5.73 Å². The van der Waals surface area contributed by atoms with Gasteiger partial charge in [-0.1, -0.05) is 0 Å². The molecule has 0 spiro atoms. The van der Waals surface area contributed by atoms with E-state index >= 15 is 0 Å². The molecule has 12 heavy (non-hydrogen) atoms. The van der Waals surface area contributed by atoms with Crippen LogP contribution in [0.1, 0.15) is 24.2 Å². The first kappa shape index (κ1) is 9.61. The number of aryl methyl sites for hydroxylation is 1. The molecule has 4 heteroatoms. The van der Waals surface area contributed by atoms with Crippen LogP contribution in [0.5, 0.6) is 0 Å². The van der Waals surface area contributed by atoms with E-state index in [1.165, 1.54) is 0 Å². The van der Waals surface area contributed by atoms with E-state index in [9.17, 15) is 4.39 Å². The first-order valence-electron chi connectivity index (χ1n) is 3.60. The zero-order valence-electron chi connectivity index (χ0n) is 6.94. The zero-order chi connectivity index (χ0) is 9.30. The predicted molar refractivity (Wildman–Crippen MR) is 49.2 cm³/mol. The van der Waals surface area contributed by atoms with E-state index in [0.717, 1.165) is 5.56 Å². The van der Waals surface area contributed by atoms with Gasteiger partial charge in [0.25, 0.3) is 0 Å². The third-order valence-electron chi connectivity index (χ3n) is 1.65. The number of aromatic nitrogens is 1. The third kappa shape index (κ3) is 1.81. The maximum absolute atomic E-state index is 12.8. The average molecular weight is 233 g/mol. The molecule has 2 N–H and O–H groups in total. The van der Waals surface area contributed by atoms with Crippen LogP contribution >= 0.6 is 15.9 Å². The van der Waals surface area contributed by atoms with Gasteiger partial charge in [-0.3, -0.25) is 0 Å². The van der Waals surface area contributed by atoms with Gasteiger partial charge in [0.1, 0.15) is 0 Å². The Bertz CT molecular complexity index is 299. The van der Waals surface area contributed by atoms with E-state index in [0.29, 0.717) is 10.2 Å². The highest BCUT2D eigenvalue weighted by atomic mass is 79.9. The molecule has 0 amide bonds. The maximum Gasteiger partial charge on any atom is 0.227 e. The van der Waals surface area contributed by atoms with Gasteiger partial charge in [0, 0.05) is 11.7 Å². The Morgan fingerprint density at radius 1 is 1.67 bits per heavy atom. The van der Waals surface area contributed by atoms with Crippen LogP contribution in [0.25, 0.3) is 0 Å². The van der Waals surface area contributed by atoms with Gasteiger partial charge in [0.15, 0.2) is 0 Å². The molecule has 0 radical (unpaired) electrons. The largest absolute Gasteiger partial charge is 0.324 e. The van der Waals surface area contributed by atoms with Crippen molar-refractivity contribution in [2.75, 3.05) is 0 Å². The lowest BCUT2D eigenvalue weighted by Gasteiger charge is -2.09. The van der Waals surface area contributed by atoms with Gasteiger partial charge in [-0.25, -0.2) is 4.98 Å². The van der Waals surface area contributed by atoms with Crippen LogP contribution in [0.4, 0.5) is 4.39 Å². The standard InChI is InChI=1S/C8H10BrFN2/c1-4(11)6-3-7(9)8(10)12-5(6)2/h3-4H,11H2,1-2H3/t4-/m1/s1. The van der Waals surface area contributed by atoms with Crippen LogP contribution in [0.2, 0.25) is 0 Å². The Morgan fingerprint density at radius 2 is 2.25 bits per heavy atom. The summed E-state index contributed by atoms with van der Waals surface area (Å²) in [6.07, 6.45) is 0. The quantitative estimate of drug-likeness (QED) is 0.756. The molecule has 1 rings (SSSR count). The highest BCUT2D eigenvalue weighted by molar-refractivity contribution is 9.10. The monoisotopic (exact) mass is 232 g/mol. The van der Waals surface area contributed by atoms with Crippen molar-refractivity contribution in [2.45, 2.75) is 19.9 Å². The summed E-state index contributed by atoms with van der Waals surface area (Å²) in [5, 5.41) is 0. The number of nitrogens with two attached hydrogens (primary N) is 1. The molecule has 1 aromatic heterocycles. The number of nitrogens with zero attached hydrogens (tertiary/aromatic N) is 1. The molecule has 0 saturated heterocycles. The number of halogens is 2. The predicted octanol–water partition coefficient (Wildman–Crippen LogP) is 2.31. The Kier molecular flexibility index (Phi) is 2.80. The number of rotatable bonds is 1. The van der Waals surface area contributed by atoms with Crippen LogP contribution in [-0.2, 0) is 0 Å². The molecular weight excluding hydrogens is 223 g/mol. The molecule has 0 saturated carbocycles. The van der Waals surface area contributed by atoms with Crippen molar-refractivity contribution >= 4 is 15.9 Å². The molecule has 2 nitrogen and oxygen atoms in total. The highest BCUT2D eigenvalue weighted by Crippen LogP contribution is 2.20. The van der Waals surface area contributed by atoms with E-state index in [2.05, 4.69) is 20.9 Å². The van der Waals surface area contributed by atoms with Gasteiger partial charge in [-0.2, -0.15) is 4.39 Å². The molecular formula is C8H10BrFN2. The van der Waals surface area contributed by atoms with E-state index in [-0.39, 0.29) is 6.04 Å². The van der Waals surface area contributed by atoms with Crippen LogP contribution in [0.3, 0.4) is 0 Å². The first-order valence-corrected chi connectivity index (χ1v) is 4.39. The van der Waals surface area contributed by atoms with Crippen LogP contribution in [0.15, 0.2) is 10.5 Å². The summed E-state index contributed by atoms with van der Waals surface area (Å²) >= 11 is 3.06. The van der Waals surface area contributed by atoms with Crippen molar-refractivity contribution in [1.29, 1.82) is 0 Å². The summed E-state index contributed by atoms with van der Waals surface area (Å²) in [6, 6.07) is 1.55. The lowest BCUT2D eigenvalue weighted by Crippen LogP contribution is -2.09. The Morgan fingerprint density at radius 3 is 2.75 bits per heavy atom. The topological polar surface area (TPSA) is 38.9 Å². The number of hydrogen-bond acceptors (Lipinski definition) is 2. The molecule has 0 aliphatic rings. The molecule has 66 valence electrons. The summed E-state index contributed by atoms with van der Waals surface area (Å²) in [7, 11) is 0. The second-order valence-electron chi connectivity index (χ2n) is 2.72. The van der Waals surface area contributed by atoms with Gasteiger partial charge in [-0.05, 0) is 41.4 Å². The van der Waals surface area contributed by atoms with Crippen LogP contribution in [-0.4, -0.2) is 4.98 Å². The second-order valence-corrected chi connectivity index (χ2v) is 3.58. The fourth-order valence-corrected chi connectivity index (χ4v) is 1.36. The van der Waals surface area contributed by atoms with Gasteiger partial charge in [0.2, 0.25) is 5.95 Å². The molecule has 0 aromatic carbocycles. The lowest BCUT2D eigenvalue weighted by atomic mass is 10.1. The lowest BCUT2D eigenvalue weighted by molar-refractivity contribution is 0.569. The maximum atomic E-state index is 12.8. The van der Waals surface area contributed by atoms with Crippen molar-refractivity contribution < 1.29 is 4.39 Å². The Labute approximate surface area is 79.1 Å². The highest BCUT2D eigenvalue weighted by Gasteiger charge is 2.09. The van der Waals surface area contributed by atoms with Gasteiger partial charge in [0.05, 0.1) is 4.47 Å². The van der Waals surface area contributed by atoms with Crippen molar-refractivity contribution in [3.63, 3.8) is 0 Å². The Hall–Kier alpha value is -0.480. The van der Waals surface area contributed by atoms with Crippen LogP contribution in [0, 0.1) is 12.9 Å². The van der Waals surface area contributed by atoms with Gasteiger partial charge in [-0.15, -0.1) is 0 Å².